The maximum Gasteiger partial charge on any atom is 0.304 e. The van der Waals surface area contributed by atoms with Gasteiger partial charge < -0.3 is 19.8 Å². The van der Waals surface area contributed by atoms with Crippen molar-refractivity contribution in [3.8, 4) is 0 Å². The van der Waals surface area contributed by atoms with Gasteiger partial charge in [-0.2, -0.15) is 0 Å². The van der Waals surface area contributed by atoms with E-state index >= 15 is 0 Å². The van der Waals surface area contributed by atoms with Crippen molar-refractivity contribution < 1.29 is 19.7 Å². The second-order valence-corrected chi connectivity index (χ2v) is 5.28. The molecule has 5 nitrogen and oxygen atoms in total. The summed E-state index contributed by atoms with van der Waals surface area (Å²) in [6, 6.07) is 0. The molecule has 1 atom stereocenters. The van der Waals surface area contributed by atoms with Crippen LogP contribution < -0.4 is 0 Å². The van der Waals surface area contributed by atoms with Crippen LogP contribution in [0, 0.1) is 5.41 Å². The largest absolute Gasteiger partial charge is 0.481 e. The summed E-state index contributed by atoms with van der Waals surface area (Å²) < 4.78 is 5.06. The zero-order valence-corrected chi connectivity index (χ0v) is 11.2. The van der Waals surface area contributed by atoms with E-state index in [9.17, 15) is 9.90 Å². The van der Waals surface area contributed by atoms with Gasteiger partial charge in [0.2, 0.25) is 0 Å². The summed E-state index contributed by atoms with van der Waals surface area (Å²) in [6.07, 6.45) is 4.13. The van der Waals surface area contributed by atoms with Gasteiger partial charge in [-0.05, 0) is 32.2 Å². The molecule has 0 bridgehead atoms. The summed E-state index contributed by atoms with van der Waals surface area (Å²) in [5.74, 6) is -0.755. The molecule has 0 aromatic rings. The Morgan fingerprint density at radius 3 is 2.89 bits per heavy atom. The Hall–Kier alpha value is -0.650. The van der Waals surface area contributed by atoms with Gasteiger partial charge in [0.1, 0.15) is 0 Å². The Kier molecular flexibility index (Phi) is 6.60. The first kappa shape index (κ1) is 15.4. The van der Waals surface area contributed by atoms with E-state index in [1.165, 1.54) is 0 Å². The van der Waals surface area contributed by atoms with Gasteiger partial charge in [0.25, 0.3) is 0 Å². The molecule has 1 saturated heterocycles. The summed E-state index contributed by atoms with van der Waals surface area (Å²) >= 11 is 0. The number of aliphatic carboxylic acids is 1. The van der Waals surface area contributed by atoms with Crippen molar-refractivity contribution in [3.63, 3.8) is 0 Å². The monoisotopic (exact) mass is 259 g/mol. The molecule has 1 fully saturated rings. The molecule has 106 valence electrons. The van der Waals surface area contributed by atoms with Crippen LogP contribution in [-0.4, -0.2) is 61.0 Å². The fourth-order valence-electron chi connectivity index (χ4n) is 2.76. The van der Waals surface area contributed by atoms with Crippen LogP contribution in [-0.2, 0) is 9.53 Å². The zero-order valence-electron chi connectivity index (χ0n) is 11.2. The lowest BCUT2D eigenvalue weighted by Crippen LogP contribution is -2.46. The van der Waals surface area contributed by atoms with E-state index in [0.29, 0.717) is 6.54 Å². The topological polar surface area (TPSA) is 70.0 Å². The van der Waals surface area contributed by atoms with E-state index in [0.717, 1.165) is 45.4 Å². The second-order valence-electron chi connectivity index (χ2n) is 5.28. The van der Waals surface area contributed by atoms with Gasteiger partial charge in [0.15, 0.2) is 0 Å². The van der Waals surface area contributed by atoms with Crippen LogP contribution in [0.3, 0.4) is 0 Å². The molecular weight excluding hydrogens is 234 g/mol. The molecule has 18 heavy (non-hydrogen) atoms. The van der Waals surface area contributed by atoms with Crippen LogP contribution in [0.5, 0.6) is 0 Å². The first-order valence-corrected chi connectivity index (χ1v) is 6.66. The fourth-order valence-corrected chi connectivity index (χ4v) is 2.76. The molecule has 0 spiro atoms. The van der Waals surface area contributed by atoms with E-state index < -0.39 is 5.97 Å². The summed E-state index contributed by atoms with van der Waals surface area (Å²) in [6.45, 7) is 3.23. The van der Waals surface area contributed by atoms with E-state index in [4.69, 9.17) is 9.84 Å². The van der Waals surface area contributed by atoms with Crippen LogP contribution in [0.2, 0.25) is 0 Å². The minimum absolute atomic E-state index is 0.0602. The number of aliphatic hydroxyl groups is 1. The molecule has 1 heterocycles. The normalized spacial score (nSPS) is 25.2. The van der Waals surface area contributed by atoms with Gasteiger partial charge in [-0.15, -0.1) is 0 Å². The Morgan fingerprint density at radius 2 is 2.28 bits per heavy atom. The summed E-state index contributed by atoms with van der Waals surface area (Å²) in [5, 5.41) is 18.4. The summed E-state index contributed by atoms with van der Waals surface area (Å²) in [4.78, 5) is 12.8. The van der Waals surface area contributed by atoms with Crippen LogP contribution in [0.4, 0.5) is 0 Å². The Balaban J connectivity index is 2.44. The first-order chi connectivity index (χ1) is 8.62. The molecule has 1 unspecified atom stereocenters. The van der Waals surface area contributed by atoms with Gasteiger partial charge in [0, 0.05) is 38.8 Å². The quantitative estimate of drug-likeness (QED) is 0.635. The minimum atomic E-state index is -0.755. The number of nitrogens with zero attached hydrogens (tertiary/aromatic N) is 1. The van der Waals surface area contributed by atoms with Crippen molar-refractivity contribution in [2.24, 2.45) is 5.41 Å². The highest BCUT2D eigenvalue weighted by Gasteiger charge is 2.34. The number of rotatable bonds is 8. The van der Waals surface area contributed by atoms with Crippen molar-refractivity contribution >= 4 is 5.97 Å². The molecule has 0 amide bonds. The lowest BCUT2D eigenvalue weighted by atomic mass is 9.77. The molecule has 0 radical (unpaired) electrons. The average Bonchev–Trinajstić information content (AvgIpc) is 2.37. The third kappa shape index (κ3) is 4.92. The zero-order chi connectivity index (χ0) is 13.4. The molecule has 1 rings (SSSR count). The fraction of sp³-hybridized carbons (Fsp3) is 0.923. The number of carboxylic acids is 1. The van der Waals surface area contributed by atoms with Crippen LogP contribution in [0.25, 0.3) is 0 Å². The number of aliphatic hydroxyl groups excluding tert-OH is 1. The number of ether oxygens (including phenoxy) is 1. The number of piperidine rings is 1. The molecule has 5 heteroatoms. The van der Waals surface area contributed by atoms with E-state index in [1.54, 1.807) is 7.11 Å². The predicted octanol–water partition coefficient (Wildman–Crippen LogP) is 0.962. The maximum atomic E-state index is 10.6. The number of hydrogen-bond acceptors (Lipinski definition) is 4. The molecule has 0 saturated carbocycles. The third-order valence-electron chi connectivity index (χ3n) is 3.77. The average molecular weight is 259 g/mol. The van der Waals surface area contributed by atoms with E-state index in [1.807, 2.05) is 0 Å². The molecule has 0 aromatic carbocycles. The van der Waals surface area contributed by atoms with Gasteiger partial charge in [0.05, 0.1) is 6.42 Å². The maximum absolute atomic E-state index is 10.6. The van der Waals surface area contributed by atoms with Crippen molar-refractivity contribution in [1.29, 1.82) is 0 Å². The van der Waals surface area contributed by atoms with Gasteiger partial charge in [-0.3, -0.25) is 4.79 Å². The van der Waals surface area contributed by atoms with Gasteiger partial charge in [-0.1, -0.05) is 0 Å². The highest BCUT2D eigenvalue weighted by atomic mass is 16.5. The minimum Gasteiger partial charge on any atom is -0.481 e. The predicted molar refractivity (Wildman–Crippen MR) is 68.6 cm³/mol. The summed E-state index contributed by atoms with van der Waals surface area (Å²) in [5.41, 5.74) is -0.0602. The molecule has 2 N–H and O–H groups in total. The number of carbonyl (C=O) groups is 1. The molecule has 1 aliphatic rings. The smallest absolute Gasteiger partial charge is 0.304 e. The SMILES string of the molecule is COCCCC1(CO)CCCN(CCC(=O)O)C1. The lowest BCUT2D eigenvalue weighted by molar-refractivity contribution is -0.137. The first-order valence-electron chi connectivity index (χ1n) is 6.66. The summed E-state index contributed by atoms with van der Waals surface area (Å²) in [7, 11) is 1.69. The van der Waals surface area contributed by atoms with Crippen LogP contribution in [0.1, 0.15) is 32.1 Å². The van der Waals surface area contributed by atoms with E-state index in [2.05, 4.69) is 4.90 Å². The Morgan fingerprint density at radius 1 is 1.50 bits per heavy atom. The highest BCUT2D eigenvalue weighted by molar-refractivity contribution is 5.66. The Bertz CT molecular complexity index is 259. The molecule has 0 aliphatic carbocycles. The van der Waals surface area contributed by atoms with Gasteiger partial charge in [-0.25, -0.2) is 0 Å². The van der Waals surface area contributed by atoms with E-state index in [-0.39, 0.29) is 18.4 Å². The molecule has 0 aromatic heterocycles. The molecule has 1 aliphatic heterocycles. The standard InChI is InChI=1S/C13H25NO4/c1-18-9-3-6-13(11-15)5-2-7-14(10-13)8-4-12(16)17/h15H,2-11H2,1H3,(H,16,17). The second kappa shape index (κ2) is 7.71. The number of likely N-dealkylation sites (tertiary alicyclic amines) is 1. The van der Waals surface area contributed by atoms with Crippen molar-refractivity contribution in [2.45, 2.75) is 32.1 Å². The van der Waals surface area contributed by atoms with Crippen molar-refractivity contribution in [1.82, 2.24) is 4.90 Å². The number of methoxy groups -OCH3 is 1. The molecular formula is C13H25NO4. The highest BCUT2D eigenvalue weighted by Crippen LogP contribution is 2.34. The lowest BCUT2D eigenvalue weighted by Gasteiger charge is -2.42. The van der Waals surface area contributed by atoms with Crippen molar-refractivity contribution in [2.75, 3.05) is 40.0 Å². The number of hydrogen-bond donors (Lipinski definition) is 2. The van der Waals surface area contributed by atoms with Crippen LogP contribution >= 0.6 is 0 Å². The van der Waals surface area contributed by atoms with Crippen LogP contribution in [0.15, 0.2) is 0 Å². The Labute approximate surface area is 109 Å². The van der Waals surface area contributed by atoms with Gasteiger partial charge >= 0.3 is 5.97 Å². The number of carboxylic acid groups (broad SMARTS) is 1. The van der Waals surface area contributed by atoms with Crippen molar-refractivity contribution in [3.05, 3.63) is 0 Å². The third-order valence-corrected chi connectivity index (χ3v) is 3.77.